The fourth-order valence-corrected chi connectivity index (χ4v) is 4.82. The van der Waals surface area contributed by atoms with Crippen molar-refractivity contribution in [1.82, 2.24) is 0 Å². The summed E-state index contributed by atoms with van der Waals surface area (Å²) in [7, 11) is 0. The Morgan fingerprint density at radius 1 is 0.923 bits per heavy atom. The fourth-order valence-electron chi connectivity index (χ4n) is 4.04. The summed E-state index contributed by atoms with van der Waals surface area (Å²) in [6, 6.07) is 0. The first-order valence-corrected chi connectivity index (χ1v) is 14.3. The third kappa shape index (κ3) is 17.5. The lowest BCUT2D eigenvalue weighted by Gasteiger charge is -2.34. The highest BCUT2D eigenvalue weighted by atomic mass is 32.2. The molecular weight excluding hydrogens is 536 g/mol. The molecule has 0 amide bonds. The number of carbonyl (C=O) groups excluding carboxylic acids is 2. The van der Waals surface area contributed by atoms with Gasteiger partial charge in [0.05, 0.1) is 37.8 Å². The van der Waals surface area contributed by atoms with Crippen molar-refractivity contribution in [2.24, 2.45) is 5.92 Å². The van der Waals surface area contributed by atoms with Crippen LogP contribution in [0.5, 0.6) is 0 Å². The van der Waals surface area contributed by atoms with E-state index in [2.05, 4.69) is 16.3 Å². The van der Waals surface area contributed by atoms with Crippen molar-refractivity contribution in [3.05, 3.63) is 12.2 Å². The van der Waals surface area contributed by atoms with Gasteiger partial charge < -0.3 is 29.9 Å². The maximum atomic E-state index is 13.3. The highest BCUT2D eigenvalue weighted by Crippen LogP contribution is 2.43. The molecule has 0 heterocycles. The second kappa shape index (κ2) is 24.1. The number of esters is 2. The molecule has 0 saturated heterocycles. The molecule has 0 aliphatic heterocycles. The number of allylic oxidation sites excluding steroid dienone is 1. The van der Waals surface area contributed by atoms with Crippen molar-refractivity contribution in [2.75, 3.05) is 26.4 Å². The van der Waals surface area contributed by atoms with Crippen LogP contribution in [-0.2, 0) is 33.2 Å². The number of rotatable bonds is 26. The lowest BCUT2D eigenvalue weighted by molar-refractivity contribution is -0.432. The minimum absolute atomic E-state index is 0.0468. The highest BCUT2D eigenvalue weighted by Gasteiger charge is 2.50. The third-order valence-corrected chi connectivity index (χ3v) is 7.11. The first-order chi connectivity index (χ1) is 18.8. The Labute approximate surface area is 234 Å². The van der Waals surface area contributed by atoms with E-state index in [1.807, 2.05) is 0 Å². The van der Waals surface area contributed by atoms with Gasteiger partial charge in [0.25, 0.3) is 0 Å². The zero-order valence-electron chi connectivity index (χ0n) is 22.8. The number of hydrogen-bond acceptors (Lipinski definition) is 12. The quantitative estimate of drug-likeness (QED) is 0.0249. The highest BCUT2D eigenvalue weighted by molar-refractivity contribution is 7.96. The molecule has 0 radical (unpaired) electrons. The monoisotopic (exact) mass is 582 g/mol. The minimum atomic E-state index is -1.81. The van der Waals surface area contributed by atoms with E-state index in [0.717, 1.165) is 25.7 Å². The Hall–Kier alpha value is -1.74. The Kier molecular flexibility index (Phi) is 23.0. The molecule has 0 aromatic heterocycles. The summed E-state index contributed by atoms with van der Waals surface area (Å²) in [5.41, 5.74) is 0. The number of carbonyl (C=O) groups is 3. The van der Waals surface area contributed by atoms with Crippen molar-refractivity contribution >= 4 is 30.0 Å². The SMILES string of the molecule is CCCCCCC(O)CC=CC(CCCCCCC(=O)O)C(CC(=O)OCCO)(SOOO)C(=O)OCCO. The van der Waals surface area contributed by atoms with Crippen LogP contribution in [-0.4, -0.2) is 80.9 Å². The number of ether oxygens (including phenoxy) is 2. The smallest absolute Gasteiger partial charge is 0.326 e. The summed E-state index contributed by atoms with van der Waals surface area (Å²) in [5, 5.41) is 50.0. The van der Waals surface area contributed by atoms with E-state index < -0.39 is 54.3 Å². The average Bonchev–Trinajstić information content (AvgIpc) is 2.91. The Balaban J connectivity index is 5.93. The third-order valence-electron chi connectivity index (χ3n) is 6.07. The molecule has 0 aliphatic rings. The van der Waals surface area contributed by atoms with Crippen LogP contribution < -0.4 is 0 Å². The largest absolute Gasteiger partial charge is 0.481 e. The van der Waals surface area contributed by atoms with Crippen molar-refractivity contribution in [2.45, 2.75) is 101 Å². The number of unbranched alkanes of at least 4 members (excludes halogenated alkanes) is 6. The van der Waals surface area contributed by atoms with Crippen LogP contribution in [0.2, 0.25) is 0 Å². The molecule has 3 atom stereocenters. The predicted octanol–water partition coefficient (Wildman–Crippen LogP) is 3.57. The summed E-state index contributed by atoms with van der Waals surface area (Å²) in [5.74, 6) is -3.37. The molecule has 3 unspecified atom stereocenters. The lowest BCUT2D eigenvalue weighted by Crippen LogP contribution is -2.46. The maximum absolute atomic E-state index is 13.3. The molecule has 0 aliphatic carbocycles. The number of carboxylic acid groups (broad SMARTS) is 1. The second-order valence-corrected chi connectivity index (χ2v) is 10.2. The van der Waals surface area contributed by atoms with Gasteiger partial charge >= 0.3 is 17.9 Å². The number of hydrogen-bond donors (Lipinski definition) is 5. The summed E-state index contributed by atoms with van der Waals surface area (Å²) in [6.45, 7) is 0.568. The maximum Gasteiger partial charge on any atom is 0.326 e. The van der Waals surface area contributed by atoms with Crippen molar-refractivity contribution in [3.8, 4) is 0 Å². The molecule has 0 saturated carbocycles. The van der Waals surface area contributed by atoms with Crippen LogP contribution in [0.25, 0.3) is 0 Å². The topological polar surface area (TPSA) is 189 Å². The molecule has 0 spiro atoms. The summed E-state index contributed by atoms with van der Waals surface area (Å²) < 4.78 is 13.0. The summed E-state index contributed by atoms with van der Waals surface area (Å²) >= 11 is 0.365. The minimum Gasteiger partial charge on any atom is -0.481 e. The van der Waals surface area contributed by atoms with Crippen LogP contribution in [0.1, 0.15) is 90.4 Å². The summed E-state index contributed by atoms with van der Waals surface area (Å²) in [6.07, 6.45) is 9.95. The molecule has 0 bridgehead atoms. The second-order valence-electron chi connectivity index (χ2n) is 9.22. The molecule has 0 aromatic carbocycles. The number of aliphatic carboxylic acids is 1. The van der Waals surface area contributed by atoms with E-state index >= 15 is 0 Å². The first-order valence-electron chi connectivity index (χ1n) is 13.5. The van der Waals surface area contributed by atoms with Crippen molar-refractivity contribution in [3.63, 3.8) is 0 Å². The zero-order chi connectivity index (χ0) is 29.4. The summed E-state index contributed by atoms with van der Waals surface area (Å²) in [4.78, 5) is 36.7. The molecule has 13 heteroatoms. The van der Waals surface area contributed by atoms with Gasteiger partial charge in [-0.05, 0) is 25.7 Å². The van der Waals surface area contributed by atoms with Crippen LogP contribution >= 0.6 is 12.0 Å². The molecular formula is C26H46O12S. The standard InChI is InChI=1S/C26H46O12S/c1-2-3-4-8-13-22(29)14-10-12-21(11-7-5-6-9-15-23(30)31)26(39-38-37-34,25(33)36-19-17-28)20-24(32)35-18-16-27/h10,12,21-22,27-29,34H,2-9,11,13-20H2,1H3,(H,30,31). The normalized spacial score (nSPS) is 14.6. The first kappa shape index (κ1) is 37.3. The lowest BCUT2D eigenvalue weighted by atomic mass is 9.83. The van der Waals surface area contributed by atoms with Gasteiger partial charge in [-0.2, -0.15) is 0 Å². The van der Waals surface area contributed by atoms with Crippen molar-refractivity contribution < 1.29 is 58.9 Å². The molecule has 12 nitrogen and oxygen atoms in total. The van der Waals surface area contributed by atoms with Gasteiger partial charge in [-0.1, -0.05) is 69.1 Å². The number of aliphatic hydroxyl groups is 3. The Morgan fingerprint density at radius 2 is 1.56 bits per heavy atom. The van der Waals surface area contributed by atoms with Gasteiger partial charge in [0.2, 0.25) is 0 Å². The molecule has 0 aromatic rings. The van der Waals surface area contributed by atoms with E-state index in [-0.39, 0.29) is 19.6 Å². The fraction of sp³-hybridized carbons (Fsp3) is 0.808. The van der Waals surface area contributed by atoms with Gasteiger partial charge in [-0.25, -0.2) is 5.26 Å². The molecule has 0 rings (SSSR count). The van der Waals surface area contributed by atoms with E-state index in [4.69, 9.17) is 24.9 Å². The number of aliphatic hydroxyl groups excluding tert-OH is 3. The van der Waals surface area contributed by atoms with Gasteiger partial charge in [-0.15, -0.1) is 4.33 Å². The van der Waals surface area contributed by atoms with E-state index in [1.54, 1.807) is 12.2 Å². The van der Waals surface area contributed by atoms with Crippen LogP contribution in [0.4, 0.5) is 0 Å². The van der Waals surface area contributed by atoms with Crippen LogP contribution in [0.3, 0.4) is 0 Å². The zero-order valence-corrected chi connectivity index (χ0v) is 23.6. The van der Waals surface area contributed by atoms with Crippen molar-refractivity contribution in [1.29, 1.82) is 0 Å². The van der Waals surface area contributed by atoms with Crippen LogP contribution in [0.15, 0.2) is 12.2 Å². The molecule has 228 valence electrons. The van der Waals surface area contributed by atoms with E-state index in [9.17, 15) is 24.6 Å². The Morgan fingerprint density at radius 3 is 2.21 bits per heavy atom. The number of carboxylic acids is 1. The molecule has 5 N–H and O–H groups in total. The predicted molar refractivity (Wildman–Crippen MR) is 143 cm³/mol. The van der Waals surface area contributed by atoms with Gasteiger partial charge in [0.1, 0.15) is 13.2 Å². The van der Waals surface area contributed by atoms with E-state index in [1.165, 1.54) is 0 Å². The van der Waals surface area contributed by atoms with E-state index in [0.29, 0.717) is 57.0 Å². The average molecular weight is 583 g/mol. The van der Waals surface area contributed by atoms with Gasteiger partial charge in [0.15, 0.2) is 4.75 Å². The molecule has 39 heavy (non-hydrogen) atoms. The van der Waals surface area contributed by atoms with Gasteiger partial charge in [-0.3, -0.25) is 14.4 Å². The molecule has 0 fully saturated rings. The Bertz CT molecular complexity index is 690. The van der Waals surface area contributed by atoms with Crippen LogP contribution in [0, 0.1) is 5.92 Å². The van der Waals surface area contributed by atoms with Gasteiger partial charge in [0, 0.05) is 12.3 Å².